The van der Waals surface area contributed by atoms with E-state index in [9.17, 15) is 4.79 Å². The van der Waals surface area contributed by atoms with Gasteiger partial charge in [-0.25, -0.2) is 0 Å². The van der Waals surface area contributed by atoms with E-state index >= 15 is 0 Å². The van der Waals surface area contributed by atoms with Gasteiger partial charge in [0.2, 0.25) is 5.91 Å². The lowest BCUT2D eigenvalue weighted by molar-refractivity contribution is -0.130. The molecule has 0 radical (unpaired) electrons. The average molecular weight is 425 g/mol. The van der Waals surface area contributed by atoms with Gasteiger partial charge in [-0.15, -0.1) is 0 Å². The second kappa shape index (κ2) is 9.43. The molecule has 4 rings (SSSR count). The molecule has 2 aliphatic rings. The molecule has 1 aliphatic carbocycles. The van der Waals surface area contributed by atoms with Crippen LogP contribution in [0.3, 0.4) is 0 Å². The standard InChI is InChI=1S/C25H36N4O2/c1-19-13-20(2)15-21(14-19)3-4-24(31)28-10-9-25(18-28)7-5-22(6-8-25)27-23-16-26-29(17-23)11-12-30/h13-17,22,27,30H,3-12,18H2,1-2H3/t22-,25+. The molecule has 1 saturated heterocycles. The van der Waals surface area contributed by atoms with E-state index in [0.29, 0.717) is 30.3 Å². The maximum Gasteiger partial charge on any atom is 0.222 e. The number of aromatic nitrogens is 2. The Morgan fingerprint density at radius 2 is 1.94 bits per heavy atom. The minimum atomic E-state index is 0.104. The normalized spacial score (nSPS) is 23.5. The minimum absolute atomic E-state index is 0.104. The third kappa shape index (κ3) is 5.48. The molecule has 2 fully saturated rings. The van der Waals surface area contributed by atoms with Crippen molar-refractivity contribution in [3.8, 4) is 0 Å². The number of nitrogens with one attached hydrogen (secondary N) is 1. The molecule has 1 spiro atoms. The SMILES string of the molecule is Cc1cc(C)cc(CCC(=O)N2CC[C@]3(CC[C@H](Nc4cnn(CCO)c4)CC3)C2)c1. The molecular formula is C25H36N4O2. The number of aliphatic hydroxyl groups is 1. The van der Waals surface area contributed by atoms with Gasteiger partial charge < -0.3 is 15.3 Å². The Balaban J connectivity index is 1.24. The highest BCUT2D eigenvalue weighted by Gasteiger charge is 2.42. The molecule has 1 aliphatic heterocycles. The fourth-order valence-corrected chi connectivity index (χ4v) is 5.45. The monoisotopic (exact) mass is 424 g/mol. The van der Waals surface area contributed by atoms with Gasteiger partial charge in [-0.3, -0.25) is 9.48 Å². The van der Waals surface area contributed by atoms with Crippen LogP contribution in [-0.2, 0) is 17.8 Å². The molecule has 1 aromatic heterocycles. The summed E-state index contributed by atoms with van der Waals surface area (Å²) in [5, 5.41) is 16.9. The smallest absolute Gasteiger partial charge is 0.222 e. The summed E-state index contributed by atoms with van der Waals surface area (Å²) < 4.78 is 1.77. The van der Waals surface area contributed by atoms with E-state index in [4.69, 9.17) is 5.11 Å². The zero-order chi connectivity index (χ0) is 21.8. The van der Waals surface area contributed by atoms with E-state index in [0.717, 1.165) is 44.5 Å². The summed E-state index contributed by atoms with van der Waals surface area (Å²) in [5.41, 5.74) is 5.16. The highest BCUT2D eigenvalue weighted by Crippen LogP contribution is 2.44. The Kier molecular flexibility index (Phi) is 6.65. The van der Waals surface area contributed by atoms with Gasteiger partial charge in [0.1, 0.15) is 0 Å². The number of hydrogen-bond donors (Lipinski definition) is 2. The topological polar surface area (TPSA) is 70.4 Å². The molecule has 2 N–H and O–H groups in total. The van der Waals surface area contributed by atoms with Gasteiger partial charge in [-0.1, -0.05) is 29.3 Å². The van der Waals surface area contributed by atoms with E-state index in [1.54, 1.807) is 4.68 Å². The van der Waals surface area contributed by atoms with Crippen molar-refractivity contribution >= 4 is 11.6 Å². The predicted molar refractivity (Wildman–Crippen MR) is 123 cm³/mol. The first kappa shape index (κ1) is 21.9. The summed E-state index contributed by atoms with van der Waals surface area (Å²) in [6.07, 6.45) is 11.0. The molecule has 1 aromatic carbocycles. The second-order valence-electron chi connectivity index (χ2n) is 9.70. The second-order valence-corrected chi connectivity index (χ2v) is 9.70. The van der Waals surface area contributed by atoms with Crippen molar-refractivity contribution in [3.63, 3.8) is 0 Å². The molecule has 1 amide bonds. The summed E-state index contributed by atoms with van der Waals surface area (Å²) in [6.45, 7) is 6.72. The number of aryl methyl sites for hydroxylation is 3. The Hall–Kier alpha value is -2.34. The Morgan fingerprint density at radius 3 is 2.65 bits per heavy atom. The Bertz CT molecular complexity index is 878. The van der Waals surface area contributed by atoms with Gasteiger partial charge in [0.15, 0.2) is 0 Å². The van der Waals surface area contributed by atoms with Gasteiger partial charge in [-0.2, -0.15) is 5.10 Å². The first-order valence-corrected chi connectivity index (χ1v) is 11.7. The van der Waals surface area contributed by atoms with Crippen LogP contribution in [-0.4, -0.2) is 51.4 Å². The van der Waals surface area contributed by atoms with Crippen LogP contribution < -0.4 is 5.32 Å². The van der Waals surface area contributed by atoms with Crippen LogP contribution >= 0.6 is 0 Å². The minimum Gasteiger partial charge on any atom is -0.394 e. The average Bonchev–Trinajstić information content (AvgIpc) is 3.35. The van der Waals surface area contributed by atoms with E-state index in [-0.39, 0.29) is 6.61 Å². The highest BCUT2D eigenvalue weighted by molar-refractivity contribution is 5.76. The number of likely N-dealkylation sites (tertiary alicyclic amines) is 1. The van der Waals surface area contributed by atoms with Crippen LogP contribution in [0.5, 0.6) is 0 Å². The van der Waals surface area contributed by atoms with Crippen LogP contribution in [0.4, 0.5) is 5.69 Å². The third-order valence-corrected chi connectivity index (χ3v) is 7.08. The highest BCUT2D eigenvalue weighted by atomic mass is 16.3. The quantitative estimate of drug-likeness (QED) is 0.711. The van der Waals surface area contributed by atoms with Gasteiger partial charge in [-0.05, 0) is 63.4 Å². The maximum absolute atomic E-state index is 12.9. The fraction of sp³-hybridized carbons (Fsp3) is 0.600. The van der Waals surface area contributed by atoms with Crippen molar-refractivity contribution in [2.24, 2.45) is 5.41 Å². The number of carbonyl (C=O) groups excluding carboxylic acids is 1. The molecule has 1 saturated carbocycles. The molecular weight excluding hydrogens is 388 g/mol. The van der Waals surface area contributed by atoms with Crippen LogP contribution in [0.1, 0.15) is 55.2 Å². The number of nitrogens with zero attached hydrogens (tertiary/aromatic N) is 3. The molecule has 2 heterocycles. The molecule has 0 atom stereocenters. The van der Waals surface area contributed by atoms with Gasteiger partial charge in [0.25, 0.3) is 0 Å². The van der Waals surface area contributed by atoms with E-state index in [2.05, 4.69) is 47.4 Å². The lowest BCUT2D eigenvalue weighted by Gasteiger charge is -2.37. The van der Waals surface area contributed by atoms with Crippen LogP contribution in [0.2, 0.25) is 0 Å². The van der Waals surface area contributed by atoms with E-state index < -0.39 is 0 Å². The van der Waals surface area contributed by atoms with Crippen molar-refractivity contribution in [1.82, 2.24) is 14.7 Å². The van der Waals surface area contributed by atoms with Crippen LogP contribution in [0.25, 0.3) is 0 Å². The zero-order valence-corrected chi connectivity index (χ0v) is 18.9. The number of benzene rings is 1. The summed E-state index contributed by atoms with van der Waals surface area (Å²) >= 11 is 0. The number of rotatable bonds is 7. The molecule has 6 heteroatoms. The van der Waals surface area contributed by atoms with Crippen molar-refractivity contribution in [1.29, 1.82) is 0 Å². The molecule has 31 heavy (non-hydrogen) atoms. The Morgan fingerprint density at radius 1 is 1.19 bits per heavy atom. The fourth-order valence-electron chi connectivity index (χ4n) is 5.45. The number of amides is 1. The van der Waals surface area contributed by atoms with E-state index in [1.165, 1.54) is 29.5 Å². The van der Waals surface area contributed by atoms with Gasteiger partial charge in [0, 0.05) is 31.7 Å². The van der Waals surface area contributed by atoms with Crippen LogP contribution in [0, 0.1) is 19.3 Å². The van der Waals surface area contributed by atoms with E-state index in [1.807, 2.05) is 12.4 Å². The Labute approximate surface area is 185 Å². The number of aliphatic hydroxyl groups excluding tert-OH is 1. The van der Waals surface area contributed by atoms with Crippen molar-refractivity contribution in [2.45, 2.75) is 71.4 Å². The summed E-state index contributed by atoms with van der Waals surface area (Å²) in [6, 6.07) is 7.05. The molecule has 0 bridgehead atoms. The van der Waals surface area contributed by atoms with Crippen molar-refractivity contribution < 1.29 is 9.90 Å². The summed E-state index contributed by atoms with van der Waals surface area (Å²) in [4.78, 5) is 15.0. The number of anilines is 1. The van der Waals surface area contributed by atoms with Crippen molar-refractivity contribution in [2.75, 3.05) is 25.0 Å². The summed E-state index contributed by atoms with van der Waals surface area (Å²) in [5.74, 6) is 0.313. The predicted octanol–water partition coefficient (Wildman–Crippen LogP) is 3.70. The number of carbonyl (C=O) groups is 1. The first-order chi connectivity index (χ1) is 14.9. The molecule has 0 unspecified atom stereocenters. The van der Waals surface area contributed by atoms with Crippen LogP contribution in [0.15, 0.2) is 30.6 Å². The van der Waals surface area contributed by atoms with Crippen molar-refractivity contribution in [3.05, 3.63) is 47.3 Å². The first-order valence-electron chi connectivity index (χ1n) is 11.7. The zero-order valence-electron chi connectivity index (χ0n) is 18.9. The van der Waals surface area contributed by atoms with Gasteiger partial charge in [0.05, 0.1) is 25.0 Å². The molecule has 2 aromatic rings. The third-order valence-electron chi connectivity index (χ3n) is 7.08. The largest absolute Gasteiger partial charge is 0.394 e. The lowest BCUT2D eigenvalue weighted by Crippen LogP contribution is -2.37. The van der Waals surface area contributed by atoms with Gasteiger partial charge >= 0.3 is 0 Å². The summed E-state index contributed by atoms with van der Waals surface area (Å²) in [7, 11) is 0. The molecule has 6 nitrogen and oxygen atoms in total. The molecule has 168 valence electrons. The maximum atomic E-state index is 12.9. The lowest BCUT2D eigenvalue weighted by atomic mass is 9.72. The number of hydrogen-bond acceptors (Lipinski definition) is 4.